The van der Waals surface area contributed by atoms with E-state index in [9.17, 15) is 19.5 Å². The molecule has 1 aliphatic rings. The molecule has 0 spiro atoms. The van der Waals surface area contributed by atoms with Crippen LogP contribution in [0.1, 0.15) is 48.9 Å². The number of carbonyl (C=O) groups is 3. The van der Waals surface area contributed by atoms with Crippen molar-refractivity contribution < 1.29 is 33.7 Å². The van der Waals surface area contributed by atoms with E-state index in [4.69, 9.17) is 14.2 Å². The van der Waals surface area contributed by atoms with E-state index >= 15 is 0 Å². The van der Waals surface area contributed by atoms with Crippen molar-refractivity contribution in [3.8, 4) is 11.1 Å². The highest BCUT2D eigenvalue weighted by atomic mass is 16.7. The average molecular weight is 518 g/mol. The topological polar surface area (TPSA) is 111 Å². The molecule has 2 N–H and O–H groups in total. The molecule has 0 saturated carbocycles. The van der Waals surface area contributed by atoms with Crippen molar-refractivity contribution in [2.45, 2.75) is 51.4 Å². The van der Waals surface area contributed by atoms with Crippen molar-refractivity contribution in [1.82, 2.24) is 5.32 Å². The molecule has 8 heteroatoms. The second-order valence-corrected chi connectivity index (χ2v) is 10.1. The van der Waals surface area contributed by atoms with Gasteiger partial charge in [0.15, 0.2) is 0 Å². The molecule has 1 atom stereocenters. The van der Waals surface area contributed by atoms with Crippen molar-refractivity contribution in [2.75, 3.05) is 6.61 Å². The zero-order valence-corrected chi connectivity index (χ0v) is 21.6. The first-order valence-corrected chi connectivity index (χ1v) is 12.4. The van der Waals surface area contributed by atoms with Gasteiger partial charge in [-0.25, -0.2) is 14.4 Å². The van der Waals surface area contributed by atoms with Crippen LogP contribution < -0.4 is 5.32 Å². The van der Waals surface area contributed by atoms with Gasteiger partial charge in [-0.15, -0.1) is 0 Å². The highest BCUT2D eigenvalue weighted by Crippen LogP contribution is 2.44. The monoisotopic (exact) mass is 517 g/mol. The maximum atomic E-state index is 12.6. The molecule has 0 aliphatic heterocycles. The lowest BCUT2D eigenvalue weighted by Crippen LogP contribution is -2.42. The number of nitrogens with one attached hydrogen (secondary N) is 1. The Kier molecular flexibility index (Phi) is 8.00. The van der Waals surface area contributed by atoms with Crippen LogP contribution in [0.4, 0.5) is 9.59 Å². The van der Waals surface area contributed by atoms with Crippen LogP contribution in [-0.2, 0) is 32.0 Å². The fourth-order valence-corrected chi connectivity index (χ4v) is 4.41. The highest BCUT2D eigenvalue weighted by Gasteiger charge is 2.30. The van der Waals surface area contributed by atoms with Gasteiger partial charge >= 0.3 is 18.2 Å². The number of aliphatic carboxylic acids is 1. The Labute approximate surface area is 221 Å². The van der Waals surface area contributed by atoms with Gasteiger partial charge in [-0.05, 0) is 54.2 Å². The van der Waals surface area contributed by atoms with Crippen LogP contribution in [0, 0.1) is 0 Å². The number of alkyl carbamates (subject to hydrolysis) is 1. The number of amides is 1. The summed E-state index contributed by atoms with van der Waals surface area (Å²) in [7, 11) is 0. The number of hydrogen-bond donors (Lipinski definition) is 2. The summed E-state index contributed by atoms with van der Waals surface area (Å²) < 4.78 is 15.7. The third-order valence-corrected chi connectivity index (χ3v) is 6.14. The minimum atomic E-state index is -1.17. The zero-order valence-electron chi connectivity index (χ0n) is 21.6. The second kappa shape index (κ2) is 11.4. The summed E-state index contributed by atoms with van der Waals surface area (Å²) in [5.74, 6) is -1.29. The summed E-state index contributed by atoms with van der Waals surface area (Å²) in [5, 5.41) is 12.1. The summed E-state index contributed by atoms with van der Waals surface area (Å²) >= 11 is 0. The van der Waals surface area contributed by atoms with Crippen LogP contribution in [0.3, 0.4) is 0 Å². The molecule has 0 saturated heterocycles. The predicted molar refractivity (Wildman–Crippen MR) is 141 cm³/mol. The minimum Gasteiger partial charge on any atom is -0.480 e. The maximum absolute atomic E-state index is 12.6. The standard InChI is InChI=1S/C30H31NO7/c1-30(2,3)38-29(35)37-17-20-14-12-19(13-15-20)16-26(27(32)33)31-28(34)36-18-25-23-10-6-4-8-21(23)22-9-5-7-11-24(22)25/h4-15,25-26H,16-18H2,1-3H3,(H,31,34)(H,32,33)/t26-/m0/s1. The molecule has 8 nitrogen and oxygen atoms in total. The van der Waals surface area contributed by atoms with E-state index in [1.165, 1.54) is 0 Å². The van der Waals surface area contributed by atoms with Gasteiger partial charge in [0, 0.05) is 12.3 Å². The largest absolute Gasteiger partial charge is 0.509 e. The molecule has 0 fully saturated rings. The van der Waals surface area contributed by atoms with Crippen molar-refractivity contribution in [3.05, 3.63) is 95.1 Å². The number of rotatable bonds is 8. The Balaban J connectivity index is 1.31. The lowest BCUT2D eigenvalue weighted by Gasteiger charge is -2.19. The summed E-state index contributed by atoms with van der Waals surface area (Å²) in [5.41, 5.74) is 5.14. The van der Waals surface area contributed by atoms with Gasteiger partial charge in [0.1, 0.15) is 24.9 Å². The predicted octanol–water partition coefficient (Wildman–Crippen LogP) is 5.67. The molecule has 0 bridgehead atoms. The Bertz CT molecular complexity index is 1270. The van der Waals surface area contributed by atoms with E-state index < -0.39 is 29.9 Å². The van der Waals surface area contributed by atoms with Crippen molar-refractivity contribution in [3.63, 3.8) is 0 Å². The molecule has 0 radical (unpaired) electrons. The maximum Gasteiger partial charge on any atom is 0.509 e. The molecule has 0 aromatic heterocycles. The van der Waals surface area contributed by atoms with Gasteiger partial charge in [0.25, 0.3) is 0 Å². The first-order chi connectivity index (χ1) is 18.1. The van der Waals surface area contributed by atoms with Crippen molar-refractivity contribution >= 4 is 18.2 Å². The van der Waals surface area contributed by atoms with Crippen LogP contribution in [0.2, 0.25) is 0 Å². The van der Waals surface area contributed by atoms with Crippen molar-refractivity contribution in [1.29, 1.82) is 0 Å². The van der Waals surface area contributed by atoms with Gasteiger partial charge in [-0.2, -0.15) is 0 Å². The molecular weight excluding hydrogens is 486 g/mol. The fourth-order valence-electron chi connectivity index (χ4n) is 4.41. The van der Waals surface area contributed by atoms with E-state index in [2.05, 4.69) is 5.32 Å². The summed E-state index contributed by atoms with van der Waals surface area (Å²) in [6, 6.07) is 21.7. The van der Waals surface area contributed by atoms with Crippen LogP contribution in [0.15, 0.2) is 72.8 Å². The Morgan fingerprint density at radius 3 is 1.95 bits per heavy atom. The summed E-state index contributed by atoms with van der Waals surface area (Å²) in [4.78, 5) is 36.1. The van der Waals surface area contributed by atoms with Crippen molar-refractivity contribution in [2.24, 2.45) is 0 Å². The molecule has 4 rings (SSSR count). The van der Waals surface area contributed by atoms with Gasteiger partial charge < -0.3 is 24.6 Å². The normalized spacial score (nSPS) is 13.1. The van der Waals surface area contributed by atoms with E-state index in [0.717, 1.165) is 27.8 Å². The van der Waals surface area contributed by atoms with Gasteiger partial charge in [0.2, 0.25) is 0 Å². The number of ether oxygens (including phenoxy) is 3. The first kappa shape index (κ1) is 26.7. The molecular formula is C30H31NO7. The van der Waals surface area contributed by atoms with E-state index in [1.807, 2.05) is 48.5 Å². The third kappa shape index (κ3) is 6.70. The Morgan fingerprint density at radius 2 is 1.39 bits per heavy atom. The number of fused-ring (bicyclic) bond motifs is 3. The van der Waals surface area contributed by atoms with Crippen LogP contribution >= 0.6 is 0 Å². The Hall–Kier alpha value is -4.33. The SMILES string of the molecule is CC(C)(C)OC(=O)OCc1ccc(C[C@H](NC(=O)OCC2c3ccccc3-c3ccccc32)C(=O)O)cc1. The number of carboxylic acids is 1. The summed E-state index contributed by atoms with van der Waals surface area (Å²) in [6.07, 6.45) is -1.49. The molecule has 0 unspecified atom stereocenters. The van der Waals surface area contributed by atoms with Crippen LogP contribution in [0.5, 0.6) is 0 Å². The first-order valence-electron chi connectivity index (χ1n) is 12.4. The van der Waals surface area contributed by atoms with Gasteiger partial charge in [-0.1, -0.05) is 72.8 Å². The number of carboxylic acid groups (broad SMARTS) is 1. The minimum absolute atomic E-state index is 0.0234. The lowest BCUT2D eigenvalue weighted by atomic mass is 9.98. The van der Waals surface area contributed by atoms with Gasteiger partial charge in [-0.3, -0.25) is 0 Å². The van der Waals surface area contributed by atoms with E-state index in [0.29, 0.717) is 5.56 Å². The second-order valence-electron chi connectivity index (χ2n) is 10.1. The summed E-state index contributed by atoms with van der Waals surface area (Å²) in [6.45, 7) is 5.36. The molecule has 0 heterocycles. The molecule has 1 aliphatic carbocycles. The number of benzene rings is 3. The molecule has 38 heavy (non-hydrogen) atoms. The highest BCUT2D eigenvalue weighted by molar-refractivity contribution is 5.81. The lowest BCUT2D eigenvalue weighted by molar-refractivity contribution is -0.139. The zero-order chi connectivity index (χ0) is 27.3. The molecule has 198 valence electrons. The van der Waals surface area contributed by atoms with Gasteiger partial charge in [0.05, 0.1) is 0 Å². The fraction of sp³-hybridized carbons (Fsp3) is 0.300. The van der Waals surface area contributed by atoms with E-state index in [1.54, 1.807) is 45.0 Å². The Morgan fingerprint density at radius 1 is 0.842 bits per heavy atom. The van der Waals surface area contributed by atoms with Crippen LogP contribution in [-0.4, -0.2) is 41.6 Å². The number of hydrogen-bond acceptors (Lipinski definition) is 6. The quantitative estimate of drug-likeness (QED) is 0.370. The smallest absolute Gasteiger partial charge is 0.480 e. The third-order valence-electron chi connectivity index (χ3n) is 6.14. The molecule has 3 aromatic rings. The van der Waals surface area contributed by atoms with E-state index in [-0.39, 0.29) is 25.6 Å². The average Bonchev–Trinajstić information content (AvgIpc) is 3.19. The number of carbonyl (C=O) groups excluding carboxylic acids is 2. The molecule has 3 aromatic carbocycles. The molecule has 1 amide bonds. The van der Waals surface area contributed by atoms with Crippen LogP contribution in [0.25, 0.3) is 11.1 Å².